The Kier molecular flexibility index (Phi) is 7.47. The molecule has 1 fully saturated rings. The molecule has 2 aromatic rings. The third-order valence-electron chi connectivity index (χ3n) is 4.81. The van der Waals surface area contributed by atoms with Gasteiger partial charge < -0.3 is 10.6 Å². The van der Waals surface area contributed by atoms with Crippen LogP contribution in [-0.4, -0.2) is 38.4 Å². The van der Waals surface area contributed by atoms with Crippen LogP contribution in [0.4, 0.5) is 30.2 Å². The van der Waals surface area contributed by atoms with E-state index in [4.69, 9.17) is 0 Å². The van der Waals surface area contributed by atoms with Gasteiger partial charge in [0.15, 0.2) is 11.6 Å². The van der Waals surface area contributed by atoms with Crippen molar-refractivity contribution in [3.8, 4) is 0 Å². The zero-order valence-corrected chi connectivity index (χ0v) is 19.2. The Morgan fingerprint density at radius 3 is 2.37 bits per heavy atom. The van der Waals surface area contributed by atoms with E-state index in [0.717, 1.165) is 18.7 Å². The lowest BCUT2D eigenvalue weighted by Crippen LogP contribution is -2.46. The number of anilines is 3. The molecule has 3 rings (SSSR count). The van der Waals surface area contributed by atoms with Crippen molar-refractivity contribution in [3.05, 3.63) is 51.4 Å². The standard InChI is InChI=1S/C19H22F3IN4O2S/c1-2-24-13-7-9-27(10-8-13)30(28,29)26-17-6-4-14(20)18(22)19(17)25-16-5-3-12(23)11-15(16)21/h3-6,11,13,24-26H,2,7-10H2,1H3. The van der Waals surface area contributed by atoms with Crippen molar-refractivity contribution in [1.82, 2.24) is 9.62 Å². The number of rotatable bonds is 7. The number of benzene rings is 2. The topological polar surface area (TPSA) is 73.5 Å². The molecule has 0 unspecified atom stereocenters. The Bertz CT molecular complexity index is 1020. The molecule has 1 heterocycles. The summed E-state index contributed by atoms with van der Waals surface area (Å²) in [4.78, 5) is 0. The van der Waals surface area contributed by atoms with Crippen molar-refractivity contribution in [2.75, 3.05) is 29.7 Å². The van der Waals surface area contributed by atoms with Crippen LogP contribution in [-0.2, 0) is 10.2 Å². The lowest BCUT2D eigenvalue weighted by molar-refractivity contribution is 0.293. The number of nitrogens with one attached hydrogen (secondary N) is 3. The van der Waals surface area contributed by atoms with Crippen molar-refractivity contribution in [2.45, 2.75) is 25.8 Å². The van der Waals surface area contributed by atoms with E-state index in [9.17, 15) is 21.6 Å². The Hall–Kier alpha value is -1.57. The maximum atomic E-state index is 14.5. The highest BCUT2D eigenvalue weighted by molar-refractivity contribution is 14.1. The molecule has 1 aliphatic rings. The van der Waals surface area contributed by atoms with Gasteiger partial charge in [-0.2, -0.15) is 12.7 Å². The molecule has 0 bridgehead atoms. The SMILES string of the molecule is CCNC1CCN(S(=O)(=O)Nc2ccc(F)c(F)c2Nc2ccc(I)cc2F)CC1. The molecule has 30 heavy (non-hydrogen) atoms. The van der Waals surface area contributed by atoms with Crippen molar-refractivity contribution < 1.29 is 21.6 Å². The predicted molar refractivity (Wildman–Crippen MR) is 120 cm³/mol. The summed E-state index contributed by atoms with van der Waals surface area (Å²) < 4.78 is 72.3. The van der Waals surface area contributed by atoms with Gasteiger partial charge in [-0.1, -0.05) is 6.92 Å². The fourth-order valence-electron chi connectivity index (χ4n) is 3.28. The van der Waals surface area contributed by atoms with E-state index in [-0.39, 0.29) is 17.4 Å². The lowest BCUT2D eigenvalue weighted by atomic mass is 10.1. The highest BCUT2D eigenvalue weighted by atomic mass is 127. The largest absolute Gasteiger partial charge is 0.349 e. The van der Waals surface area contributed by atoms with Gasteiger partial charge in [-0.05, 0) is 72.3 Å². The smallest absolute Gasteiger partial charge is 0.301 e. The summed E-state index contributed by atoms with van der Waals surface area (Å²) >= 11 is 1.92. The maximum Gasteiger partial charge on any atom is 0.301 e. The van der Waals surface area contributed by atoms with E-state index in [0.29, 0.717) is 29.5 Å². The summed E-state index contributed by atoms with van der Waals surface area (Å²) in [5, 5.41) is 5.76. The van der Waals surface area contributed by atoms with E-state index in [1.807, 2.05) is 29.5 Å². The number of halogens is 4. The highest BCUT2D eigenvalue weighted by Gasteiger charge is 2.29. The molecular weight excluding hydrogens is 532 g/mol. The van der Waals surface area contributed by atoms with Gasteiger partial charge in [0.25, 0.3) is 0 Å². The number of piperidine rings is 1. The van der Waals surface area contributed by atoms with Gasteiger partial charge in [0, 0.05) is 22.7 Å². The van der Waals surface area contributed by atoms with Crippen molar-refractivity contribution in [1.29, 1.82) is 0 Å². The molecule has 1 saturated heterocycles. The van der Waals surface area contributed by atoms with Gasteiger partial charge in [-0.3, -0.25) is 4.72 Å². The van der Waals surface area contributed by atoms with Gasteiger partial charge >= 0.3 is 10.2 Å². The van der Waals surface area contributed by atoms with Crippen molar-refractivity contribution in [2.24, 2.45) is 0 Å². The normalized spacial score (nSPS) is 15.9. The van der Waals surface area contributed by atoms with Crippen molar-refractivity contribution in [3.63, 3.8) is 0 Å². The first-order chi connectivity index (χ1) is 14.2. The zero-order chi connectivity index (χ0) is 21.9. The minimum atomic E-state index is -4.00. The average Bonchev–Trinajstić information content (AvgIpc) is 2.70. The second-order valence-electron chi connectivity index (χ2n) is 6.87. The van der Waals surface area contributed by atoms with Crippen LogP contribution in [0.5, 0.6) is 0 Å². The molecule has 0 aliphatic carbocycles. The van der Waals surface area contributed by atoms with Gasteiger partial charge in [0.05, 0.1) is 11.4 Å². The first kappa shape index (κ1) is 23.1. The molecule has 0 amide bonds. The Morgan fingerprint density at radius 2 is 1.73 bits per heavy atom. The van der Waals surface area contributed by atoms with Gasteiger partial charge in [0.1, 0.15) is 11.5 Å². The van der Waals surface area contributed by atoms with Crippen LogP contribution >= 0.6 is 22.6 Å². The predicted octanol–water partition coefficient (Wildman–Crippen LogP) is 4.18. The minimum Gasteiger partial charge on any atom is -0.349 e. The molecule has 164 valence electrons. The Labute approximate surface area is 187 Å². The third kappa shape index (κ3) is 5.37. The monoisotopic (exact) mass is 554 g/mol. The van der Waals surface area contributed by atoms with Crippen LogP contribution in [0.25, 0.3) is 0 Å². The van der Waals surface area contributed by atoms with Crippen LogP contribution in [0.2, 0.25) is 0 Å². The van der Waals surface area contributed by atoms with E-state index in [1.54, 1.807) is 6.07 Å². The summed E-state index contributed by atoms with van der Waals surface area (Å²) in [6, 6.07) is 6.34. The number of hydrogen-bond donors (Lipinski definition) is 3. The second-order valence-corrected chi connectivity index (χ2v) is 9.79. The van der Waals surface area contributed by atoms with E-state index in [2.05, 4.69) is 15.4 Å². The zero-order valence-electron chi connectivity index (χ0n) is 16.2. The molecule has 3 N–H and O–H groups in total. The molecule has 0 atom stereocenters. The lowest BCUT2D eigenvalue weighted by Gasteiger charge is -2.31. The second kappa shape index (κ2) is 9.71. The van der Waals surface area contributed by atoms with Crippen LogP contribution < -0.4 is 15.4 Å². The highest BCUT2D eigenvalue weighted by Crippen LogP contribution is 2.33. The molecule has 0 aromatic heterocycles. The molecule has 0 radical (unpaired) electrons. The third-order valence-corrected chi connectivity index (χ3v) is 7.01. The van der Waals surface area contributed by atoms with Crippen LogP contribution in [0, 0.1) is 21.0 Å². The Balaban J connectivity index is 1.84. The first-order valence-corrected chi connectivity index (χ1v) is 11.9. The molecular formula is C19H22F3IN4O2S. The summed E-state index contributed by atoms with van der Waals surface area (Å²) in [7, 11) is -4.00. The van der Waals surface area contributed by atoms with Gasteiger partial charge in [-0.15, -0.1) is 0 Å². The van der Waals surface area contributed by atoms with Gasteiger partial charge in [-0.25, -0.2) is 13.2 Å². The van der Waals surface area contributed by atoms with Crippen molar-refractivity contribution >= 4 is 49.9 Å². The fraction of sp³-hybridized carbons (Fsp3) is 0.368. The van der Waals surface area contributed by atoms with E-state index >= 15 is 0 Å². The van der Waals surface area contributed by atoms with Gasteiger partial charge in [0.2, 0.25) is 0 Å². The Morgan fingerprint density at radius 1 is 1.07 bits per heavy atom. The summed E-state index contributed by atoms with van der Waals surface area (Å²) in [5.41, 5.74) is -0.798. The first-order valence-electron chi connectivity index (χ1n) is 9.42. The molecule has 6 nitrogen and oxygen atoms in total. The minimum absolute atomic E-state index is 0.105. The molecule has 2 aromatic carbocycles. The molecule has 1 aliphatic heterocycles. The molecule has 0 saturated carbocycles. The van der Waals surface area contributed by atoms with E-state index in [1.165, 1.54) is 16.4 Å². The van der Waals surface area contributed by atoms with Crippen LogP contribution in [0.15, 0.2) is 30.3 Å². The van der Waals surface area contributed by atoms with E-state index < -0.39 is 33.3 Å². The quantitative estimate of drug-likeness (QED) is 0.450. The number of hydrogen-bond acceptors (Lipinski definition) is 4. The summed E-state index contributed by atoms with van der Waals surface area (Å²) in [6.07, 6.45) is 1.29. The average molecular weight is 554 g/mol. The summed E-state index contributed by atoms with van der Waals surface area (Å²) in [6.45, 7) is 3.38. The summed E-state index contributed by atoms with van der Waals surface area (Å²) in [5.74, 6) is -3.17. The van der Waals surface area contributed by atoms with Crippen LogP contribution in [0.1, 0.15) is 19.8 Å². The maximum absolute atomic E-state index is 14.5. The molecule has 0 spiro atoms. The van der Waals surface area contributed by atoms with Crippen LogP contribution in [0.3, 0.4) is 0 Å². The fourth-order valence-corrected chi connectivity index (χ4v) is 5.00. The number of nitrogens with zero attached hydrogens (tertiary/aromatic N) is 1. The molecule has 11 heteroatoms.